The molecule has 0 aromatic heterocycles. The summed E-state index contributed by atoms with van der Waals surface area (Å²) < 4.78 is 5.83. The Kier molecular flexibility index (Phi) is 49.1. The van der Waals surface area contributed by atoms with Gasteiger partial charge in [0.05, 0.1) is 61.8 Å². The third-order valence-electron chi connectivity index (χ3n) is 23.1. The molecule has 0 radical (unpaired) electrons. The Morgan fingerprint density at radius 1 is 0.459 bits per heavy atom. The predicted octanol–water partition coefficient (Wildman–Crippen LogP) is 3.15. The van der Waals surface area contributed by atoms with Crippen molar-refractivity contribution in [3.8, 4) is 11.1 Å². The lowest BCUT2D eigenvalue weighted by Gasteiger charge is -2.29. The summed E-state index contributed by atoms with van der Waals surface area (Å²) in [4.78, 5) is 248. The molecule has 3 aromatic rings. The van der Waals surface area contributed by atoms with Crippen LogP contribution in [0.4, 0.5) is 4.79 Å². The fraction of sp³-hybridized carbons (Fsp3) is 0.553. The first-order chi connectivity index (χ1) is 63.0. The van der Waals surface area contributed by atoms with Crippen LogP contribution in [-0.4, -0.2) is 226 Å². The van der Waals surface area contributed by atoms with Crippen LogP contribution in [0.3, 0.4) is 0 Å². The van der Waals surface area contributed by atoms with Gasteiger partial charge < -0.3 is 101 Å². The zero-order chi connectivity index (χ0) is 99.3. The number of ketones is 6. The van der Waals surface area contributed by atoms with Crippen molar-refractivity contribution in [2.75, 3.05) is 39.5 Å². The van der Waals surface area contributed by atoms with Gasteiger partial charge in [-0.1, -0.05) is 153 Å². The number of ether oxygens (including phenoxy) is 1. The summed E-state index contributed by atoms with van der Waals surface area (Å²) in [5, 5.41) is 83.7. The molecule has 0 saturated carbocycles. The Bertz CT molecular complexity index is 4520. The van der Waals surface area contributed by atoms with Crippen molar-refractivity contribution in [3.05, 3.63) is 121 Å². The number of aliphatic hydroxyl groups excluding tert-OH is 2. The molecule has 3 aromatic carbocycles. The molecule has 0 saturated heterocycles. The number of amides is 10. The molecule has 730 valence electrons. The molecule has 1 aliphatic carbocycles. The topological polar surface area (TPSA) is 656 Å². The van der Waals surface area contributed by atoms with Gasteiger partial charge in [-0.05, 0) is 109 Å². The number of nitrogens with one attached hydrogen (secondary N) is 13. The van der Waals surface area contributed by atoms with Crippen LogP contribution in [0.2, 0.25) is 0 Å². The standard InChI is InChI=1S/C94H136N16O23/c1-11-23-57(44-75(115)70(33-36-79(95)119)106-88(127)66(53(6)7)47-78(118)83(55(10)13-3)110-85(124)58(27-21-39-100-92(96)97)45-77(117)72(41-52(4)5)108-94(132)133-51-67-64-30-19-17-28-62(64)63-29-18-20-31-65(63)67)84(123)105-69(32-22-40-101-93(98)99)76(116)46-60(50-112)87(126)109-82(54(8)9)90(129)107-71(34-38-81(121)122)89(128)102-48-61(113)43-59(49-111)86(125)104-68(24-12-2)74(114)35-37-80(120)103-73(91(130)131)42-56-25-15-14-16-26-56/h11-12,14-20,25-26,28-31,52-55,57-60,66-73,82-83,111-112H,1-2,13,21-24,27,32-51H2,3-10H3,(H2,95,119)(H,102,128)(H,103,120)(H,104,125)(H,105,123)(H,106,127)(H,107,129)(H,108,132)(H,109,126)(H,110,124)(H,121,122)(H,130,131)(H4,96,97,100)(H4,98,99,101)/t55?,57-,58-,59-,60+,66+,68-,69+,70+,71-,72+,73-,82+,83+/m0/s1. The first kappa shape index (κ1) is 112. The van der Waals surface area contributed by atoms with E-state index in [9.17, 15) is 107 Å². The monoisotopic (exact) mass is 1860 g/mol. The maximum atomic E-state index is 14.8. The van der Waals surface area contributed by atoms with Gasteiger partial charge in [0.2, 0.25) is 53.2 Å². The van der Waals surface area contributed by atoms with Gasteiger partial charge in [-0.25, -0.2) is 9.59 Å². The molecule has 0 aliphatic heterocycles. The van der Waals surface area contributed by atoms with Gasteiger partial charge in [-0.15, -0.1) is 13.2 Å². The molecular weight excluding hydrogens is 1720 g/mol. The number of allylic oxidation sites excluding steroid dienone is 1. The second-order valence-electron chi connectivity index (χ2n) is 34.7. The van der Waals surface area contributed by atoms with Crippen LogP contribution >= 0.6 is 0 Å². The molecule has 0 bridgehead atoms. The number of carboxylic acid groups (broad SMARTS) is 2. The number of benzene rings is 3. The molecule has 10 amide bonds. The molecule has 4 rings (SSSR count). The number of hydrogen-bond acceptors (Lipinski definition) is 23. The molecule has 1 unspecified atom stereocenters. The van der Waals surface area contributed by atoms with E-state index in [0.717, 1.165) is 22.3 Å². The molecule has 39 nitrogen and oxygen atoms in total. The second-order valence-corrected chi connectivity index (χ2v) is 34.7. The first-order valence-electron chi connectivity index (χ1n) is 45.0. The maximum Gasteiger partial charge on any atom is 0.407 e. The fourth-order valence-corrected chi connectivity index (χ4v) is 15.3. The Morgan fingerprint density at radius 2 is 0.955 bits per heavy atom. The van der Waals surface area contributed by atoms with Crippen LogP contribution in [0, 0.1) is 64.1 Å². The van der Waals surface area contributed by atoms with E-state index < -0.39 is 292 Å². The summed E-state index contributed by atoms with van der Waals surface area (Å²) in [6.45, 7) is 18.0. The Hall–Kier alpha value is -12.9. The van der Waals surface area contributed by atoms with E-state index >= 15 is 0 Å². The van der Waals surface area contributed by atoms with Crippen molar-refractivity contribution in [1.82, 2.24) is 58.5 Å². The average molecular weight is 1860 g/mol. The summed E-state index contributed by atoms with van der Waals surface area (Å²) in [7, 11) is 0. The maximum absolute atomic E-state index is 14.8. The molecule has 0 fully saturated rings. The van der Waals surface area contributed by atoms with Crippen LogP contribution in [0.15, 0.2) is 104 Å². The highest BCUT2D eigenvalue weighted by Gasteiger charge is 2.41. The number of fused-ring (bicyclic) bond motifs is 3. The van der Waals surface area contributed by atoms with E-state index in [1.165, 1.54) is 26.0 Å². The van der Waals surface area contributed by atoms with Crippen molar-refractivity contribution in [1.29, 1.82) is 10.8 Å². The molecular formula is C94H136N16O23. The van der Waals surface area contributed by atoms with Crippen molar-refractivity contribution < 1.29 is 111 Å². The molecule has 0 heterocycles. The predicted molar refractivity (Wildman–Crippen MR) is 492 cm³/mol. The Morgan fingerprint density at radius 3 is 1.50 bits per heavy atom. The van der Waals surface area contributed by atoms with E-state index in [1.54, 1.807) is 58.0 Å². The Labute approximate surface area is 775 Å². The highest BCUT2D eigenvalue weighted by atomic mass is 16.5. The minimum atomic E-state index is -1.71. The molecule has 39 heteroatoms. The van der Waals surface area contributed by atoms with Crippen LogP contribution in [0.1, 0.15) is 200 Å². The van der Waals surface area contributed by atoms with Crippen molar-refractivity contribution in [2.24, 2.45) is 70.5 Å². The number of primary amides is 1. The lowest BCUT2D eigenvalue weighted by Crippen LogP contribution is -2.56. The lowest BCUT2D eigenvalue weighted by molar-refractivity contribution is -0.142. The van der Waals surface area contributed by atoms with Gasteiger partial charge in [0.15, 0.2) is 46.6 Å². The number of rotatable bonds is 66. The van der Waals surface area contributed by atoms with Crippen molar-refractivity contribution >= 4 is 118 Å². The summed E-state index contributed by atoms with van der Waals surface area (Å²) in [5.41, 5.74) is 21.3. The number of aliphatic hydroxyl groups is 2. The van der Waals surface area contributed by atoms with E-state index in [-0.39, 0.29) is 95.3 Å². The molecule has 23 N–H and O–H groups in total. The fourth-order valence-electron chi connectivity index (χ4n) is 15.3. The smallest absolute Gasteiger partial charge is 0.407 e. The minimum absolute atomic E-state index is 0.0229. The highest BCUT2D eigenvalue weighted by Crippen LogP contribution is 2.44. The third-order valence-corrected chi connectivity index (χ3v) is 23.1. The summed E-state index contributed by atoms with van der Waals surface area (Å²) in [6.07, 6.45) is -4.23. The van der Waals surface area contributed by atoms with Crippen LogP contribution < -0.4 is 75.7 Å². The van der Waals surface area contributed by atoms with E-state index in [4.69, 9.17) is 32.8 Å². The quantitative estimate of drug-likeness (QED) is 0.0167. The van der Waals surface area contributed by atoms with E-state index in [1.807, 2.05) is 62.4 Å². The SMILES string of the molecule is C=CC[C@@H](CC(=O)[C@@H](CCC(N)=O)NC(=O)[C@H](CC(=O)[C@H](NC(=O)[C@@H](CCCNC(=N)N)CC(=O)[C@@H](CC(C)C)NC(=O)OCC1c2ccccc2-c2ccccc21)C(C)CC)C(C)C)C(=O)N[C@H](CCCNC(=N)N)C(=O)C[C@H](CO)C(=O)N[C@@H](C(=O)N[C@@H](CCC(=O)O)C(=O)NCC(=O)C[C@@H](CO)C(=O)N[C@@H](CC=C)C(=O)CCC(=O)N[C@@H](Cc1ccccc1)C(=O)O)C(C)C. The normalized spacial score (nSPS) is 14.7. The average Bonchev–Trinajstić information content (AvgIpc) is 1.61. The largest absolute Gasteiger partial charge is 0.481 e. The number of alkyl carbamates (subject to hydrolysis) is 1. The molecule has 133 heavy (non-hydrogen) atoms. The van der Waals surface area contributed by atoms with Gasteiger partial charge in [-0.3, -0.25) is 87.5 Å². The van der Waals surface area contributed by atoms with Crippen molar-refractivity contribution in [2.45, 2.75) is 238 Å². The highest BCUT2D eigenvalue weighted by molar-refractivity contribution is 6.01. The van der Waals surface area contributed by atoms with E-state index in [0.29, 0.717) is 12.0 Å². The number of aliphatic carboxylic acids is 2. The summed E-state index contributed by atoms with van der Waals surface area (Å²) in [5.74, 6) is -25.3. The zero-order valence-electron chi connectivity index (χ0n) is 77.1. The van der Waals surface area contributed by atoms with Crippen LogP contribution in [0.5, 0.6) is 0 Å². The lowest BCUT2D eigenvalue weighted by atomic mass is 9.83. The number of Topliss-reactive ketones (excluding diaryl/α,β-unsaturated/α-hetero) is 6. The third kappa shape index (κ3) is 39.2. The molecule has 14 atom stereocenters. The van der Waals surface area contributed by atoms with Gasteiger partial charge in [0.25, 0.3) is 0 Å². The van der Waals surface area contributed by atoms with Gasteiger partial charge in [-0.2, -0.15) is 0 Å². The summed E-state index contributed by atoms with van der Waals surface area (Å²) in [6, 6.07) is 12.8. The number of hydrogen-bond donors (Lipinski definition) is 20. The second kappa shape index (κ2) is 58.1. The number of carbonyl (C=O) groups is 18. The van der Waals surface area contributed by atoms with E-state index in [2.05, 4.69) is 71.6 Å². The first-order valence-corrected chi connectivity index (χ1v) is 45.0. The van der Waals surface area contributed by atoms with Crippen molar-refractivity contribution in [3.63, 3.8) is 0 Å². The molecule has 1 aliphatic rings. The van der Waals surface area contributed by atoms with Gasteiger partial charge in [0, 0.05) is 101 Å². The number of guanidine groups is 2. The Balaban J connectivity index is 1.48. The van der Waals surface area contributed by atoms with Crippen LogP contribution in [-0.2, 0) is 92.7 Å². The number of carboxylic acids is 2. The minimum Gasteiger partial charge on any atom is -0.481 e. The number of carbonyl (C=O) groups excluding carboxylic acids is 16. The summed E-state index contributed by atoms with van der Waals surface area (Å²) >= 11 is 0. The van der Waals surface area contributed by atoms with Gasteiger partial charge in [0.1, 0.15) is 24.7 Å². The van der Waals surface area contributed by atoms with Gasteiger partial charge >= 0.3 is 18.0 Å². The van der Waals surface area contributed by atoms with Crippen LogP contribution in [0.25, 0.3) is 11.1 Å². The molecule has 0 spiro atoms. The number of nitrogens with two attached hydrogens (primary N) is 3. The zero-order valence-corrected chi connectivity index (χ0v) is 77.1.